The molecule has 6 heteroatoms. The standard InChI is InChI=1S/C15H20N2O4/c1-10-13(5-6-21-10)9-17-15(20)16-8-11-3-2-4-12(7-11)14(18)19/h2-4,7,10,13H,5-6,8-9H2,1H3,(H,18,19)(H2,16,17,20). The summed E-state index contributed by atoms with van der Waals surface area (Å²) in [6.07, 6.45) is 1.14. The van der Waals surface area contributed by atoms with Gasteiger partial charge in [-0.05, 0) is 31.0 Å². The molecule has 0 spiro atoms. The first kappa shape index (κ1) is 15.3. The normalized spacial score (nSPS) is 21.0. The molecule has 2 unspecified atom stereocenters. The number of carbonyl (C=O) groups excluding carboxylic acids is 1. The fraction of sp³-hybridized carbons (Fsp3) is 0.467. The van der Waals surface area contributed by atoms with Crippen LogP contribution in [0, 0.1) is 5.92 Å². The molecule has 3 N–H and O–H groups in total. The number of ether oxygens (including phenoxy) is 1. The van der Waals surface area contributed by atoms with Crippen LogP contribution in [0.4, 0.5) is 4.79 Å². The smallest absolute Gasteiger partial charge is 0.335 e. The van der Waals surface area contributed by atoms with Gasteiger partial charge in [0.25, 0.3) is 0 Å². The molecule has 0 radical (unpaired) electrons. The summed E-state index contributed by atoms with van der Waals surface area (Å²) >= 11 is 0. The second-order valence-electron chi connectivity index (χ2n) is 5.19. The van der Waals surface area contributed by atoms with Crippen LogP contribution in [0.1, 0.15) is 29.3 Å². The number of amides is 2. The average Bonchev–Trinajstić information content (AvgIpc) is 2.88. The van der Waals surface area contributed by atoms with Crippen molar-refractivity contribution in [2.24, 2.45) is 5.92 Å². The van der Waals surface area contributed by atoms with Gasteiger partial charge in [-0.2, -0.15) is 0 Å². The quantitative estimate of drug-likeness (QED) is 0.769. The molecule has 0 bridgehead atoms. The zero-order valence-corrected chi connectivity index (χ0v) is 12.0. The van der Waals surface area contributed by atoms with Gasteiger partial charge in [0.2, 0.25) is 0 Å². The van der Waals surface area contributed by atoms with Gasteiger partial charge in [0.15, 0.2) is 0 Å². The third-order valence-corrected chi connectivity index (χ3v) is 3.69. The molecule has 1 aliphatic rings. The lowest BCUT2D eigenvalue weighted by Crippen LogP contribution is -2.39. The Bertz CT molecular complexity index is 518. The van der Waals surface area contributed by atoms with Gasteiger partial charge in [-0.3, -0.25) is 0 Å². The Morgan fingerprint density at radius 2 is 2.19 bits per heavy atom. The summed E-state index contributed by atoms with van der Waals surface area (Å²) in [7, 11) is 0. The fourth-order valence-electron chi connectivity index (χ4n) is 2.33. The Balaban J connectivity index is 1.76. The highest BCUT2D eigenvalue weighted by atomic mass is 16.5. The second-order valence-corrected chi connectivity index (χ2v) is 5.19. The monoisotopic (exact) mass is 292 g/mol. The molecule has 1 aromatic carbocycles. The predicted octanol–water partition coefficient (Wildman–Crippen LogP) is 1.61. The topological polar surface area (TPSA) is 87.7 Å². The largest absolute Gasteiger partial charge is 0.478 e. The lowest BCUT2D eigenvalue weighted by molar-refractivity contribution is 0.0696. The van der Waals surface area contributed by atoms with Gasteiger partial charge in [-0.25, -0.2) is 9.59 Å². The van der Waals surface area contributed by atoms with Crippen LogP contribution in [0.2, 0.25) is 0 Å². The van der Waals surface area contributed by atoms with Gasteiger partial charge in [0.1, 0.15) is 0 Å². The number of rotatable bonds is 5. The summed E-state index contributed by atoms with van der Waals surface area (Å²) < 4.78 is 5.44. The molecule has 2 amide bonds. The van der Waals surface area contributed by atoms with Crippen molar-refractivity contribution in [1.29, 1.82) is 0 Å². The van der Waals surface area contributed by atoms with Crippen molar-refractivity contribution in [3.05, 3.63) is 35.4 Å². The second kappa shape index (κ2) is 7.08. The van der Waals surface area contributed by atoms with E-state index in [1.54, 1.807) is 18.2 Å². The number of carbonyl (C=O) groups is 2. The zero-order valence-electron chi connectivity index (χ0n) is 12.0. The van der Waals surface area contributed by atoms with Crippen molar-refractivity contribution >= 4 is 12.0 Å². The highest BCUT2D eigenvalue weighted by Gasteiger charge is 2.24. The molecule has 1 aromatic rings. The van der Waals surface area contributed by atoms with Crippen molar-refractivity contribution < 1.29 is 19.4 Å². The van der Waals surface area contributed by atoms with Crippen LogP contribution < -0.4 is 10.6 Å². The summed E-state index contributed by atoms with van der Waals surface area (Å²) in [4.78, 5) is 22.6. The van der Waals surface area contributed by atoms with Gasteiger partial charge in [0.05, 0.1) is 11.7 Å². The lowest BCUT2D eigenvalue weighted by Gasteiger charge is -2.15. The van der Waals surface area contributed by atoms with E-state index in [2.05, 4.69) is 10.6 Å². The minimum absolute atomic E-state index is 0.178. The zero-order chi connectivity index (χ0) is 15.2. The van der Waals surface area contributed by atoms with Crippen LogP contribution in [0.5, 0.6) is 0 Å². The van der Waals surface area contributed by atoms with Crippen molar-refractivity contribution in [2.75, 3.05) is 13.2 Å². The molecule has 6 nitrogen and oxygen atoms in total. The Kier molecular flexibility index (Phi) is 5.16. The molecule has 2 atom stereocenters. The van der Waals surface area contributed by atoms with Gasteiger partial charge in [-0.15, -0.1) is 0 Å². The van der Waals surface area contributed by atoms with E-state index < -0.39 is 5.97 Å². The third kappa shape index (κ3) is 4.46. The van der Waals surface area contributed by atoms with Crippen LogP contribution in [0.25, 0.3) is 0 Å². The van der Waals surface area contributed by atoms with Crippen LogP contribution in [0.3, 0.4) is 0 Å². The van der Waals surface area contributed by atoms with E-state index in [0.29, 0.717) is 19.0 Å². The summed E-state index contributed by atoms with van der Waals surface area (Å²) in [6.45, 7) is 3.64. The first-order valence-corrected chi connectivity index (χ1v) is 7.02. The molecule has 21 heavy (non-hydrogen) atoms. The Morgan fingerprint density at radius 3 is 2.86 bits per heavy atom. The highest BCUT2D eigenvalue weighted by Crippen LogP contribution is 2.19. The summed E-state index contributed by atoms with van der Waals surface area (Å²) in [6, 6.07) is 6.26. The Labute approximate surface area is 123 Å². The maximum absolute atomic E-state index is 11.7. The average molecular weight is 292 g/mol. The van der Waals surface area contributed by atoms with E-state index >= 15 is 0 Å². The maximum atomic E-state index is 11.7. The number of nitrogens with one attached hydrogen (secondary N) is 2. The Hall–Kier alpha value is -2.08. The summed E-state index contributed by atoms with van der Waals surface area (Å²) in [5, 5.41) is 14.4. The van der Waals surface area contributed by atoms with Crippen LogP contribution in [0.15, 0.2) is 24.3 Å². The van der Waals surface area contributed by atoms with E-state index in [1.165, 1.54) is 6.07 Å². The molecule has 1 fully saturated rings. The number of aromatic carboxylic acids is 1. The van der Waals surface area contributed by atoms with Crippen molar-refractivity contribution in [3.63, 3.8) is 0 Å². The molecule has 0 saturated carbocycles. The van der Waals surface area contributed by atoms with E-state index in [4.69, 9.17) is 9.84 Å². The third-order valence-electron chi connectivity index (χ3n) is 3.69. The van der Waals surface area contributed by atoms with Gasteiger partial charge in [-0.1, -0.05) is 12.1 Å². The number of carboxylic acid groups (broad SMARTS) is 1. The van der Waals surface area contributed by atoms with E-state index in [9.17, 15) is 9.59 Å². The van der Waals surface area contributed by atoms with Crippen molar-refractivity contribution in [1.82, 2.24) is 10.6 Å². The number of hydrogen-bond donors (Lipinski definition) is 3. The van der Waals surface area contributed by atoms with Gasteiger partial charge >= 0.3 is 12.0 Å². The number of hydrogen-bond acceptors (Lipinski definition) is 3. The first-order chi connectivity index (χ1) is 10.1. The number of benzene rings is 1. The highest BCUT2D eigenvalue weighted by molar-refractivity contribution is 5.87. The van der Waals surface area contributed by atoms with Crippen LogP contribution in [-0.4, -0.2) is 36.4 Å². The first-order valence-electron chi connectivity index (χ1n) is 7.02. The molecule has 1 heterocycles. The molecule has 2 rings (SSSR count). The van der Waals surface area contributed by atoms with Gasteiger partial charge < -0.3 is 20.5 Å². The fourth-order valence-corrected chi connectivity index (χ4v) is 2.33. The minimum atomic E-state index is -0.975. The molecule has 0 aliphatic carbocycles. The molecule has 1 saturated heterocycles. The van der Waals surface area contributed by atoms with E-state index in [-0.39, 0.29) is 17.7 Å². The minimum Gasteiger partial charge on any atom is -0.478 e. The molecular formula is C15H20N2O4. The number of urea groups is 1. The molecular weight excluding hydrogens is 272 g/mol. The summed E-state index contributed by atoms with van der Waals surface area (Å²) in [5.41, 5.74) is 0.967. The molecule has 114 valence electrons. The predicted molar refractivity (Wildman–Crippen MR) is 77.2 cm³/mol. The van der Waals surface area contributed by atoms with Gasteiger partial charge in [0, 0.05) is 25.6 Å². The summed E-state index contributed by atoms with van der Waals surface area (Å²) in [5.74, 6) is -0.623. The lowest BCUT2D eigenvalue weighted by atomic mass is 10.0. The van der Waals surface area contributed by atoms with Crippen LogP contribution in [-0.2, 0) is 11.3 Å². The van der Waals surface area contributed by atoms with Crippen LogP contribution >= 0.6 is 0 Å². The SMILES string of the molecule is CC1OCCC1CNC(=O)NCc1cccc(C(=O)O)c1. The van der Waals surface area contributed by atoms with Crippen molar-refractivity contribution in [3.8, 4) is 0 Å². The molecule has 0 aromatic heterocycles. The van der Waals surface area contributed by atoms with Crippen molar-refractivity contribution in [2.45, 2.75) is 26.0 Å². The Morgan fingerprint density at radius 1 is 1.38 bits per heavy atom. The van der Waals surface area contributed by atoms with E-state index in [1.807, 2.05) is 6.92 Å². The number of carboxylic acids is 1. The molecule has 1 aliphatic heterocycles. The van der Waals surface area contributed by atoms with E-state index in [0.717, 1.165) is 18.6 Å². The maximum Gasteiger partial charge on any atom is 0.335 e.